The van der Waals surface area contributed by atoms with E-state index in [2.05, 4.69) is 266 Å². The fraction of sp³-hybridized carbons (Fsp3) is 0.0435. The molecule has 0 aliphatic heterocycles. The van der Waals surface area contributed by atoms with Gasteiger partial charge in [-0.2, -0.15) is 0 Å². The average molecular weight is 903 g/mol. The van der Waals surface area contributed by atoms with E-state index in [4.69, 9.17) is 0 Å². The van der Waals surface area contributed by atoms with Gasteiger partial charge in [0.05, 0.1) is 22.1 Å². The van der Waals surface area contributed by atoms with Crippen molar-refractivity contribution in [1.82, 2.24) is 9.13 Å². The Labute approximate surface area is 411 Å². The number of rotatable bonds is 5. The standard InChI is InChI=1S/C69H46N2/c1-69(2)63-26-14-11-23-54(63)60-41-58-52-22-10-9-21-51(52)57-38-43(29-32-53(57)59(58)42-64(60)69)46-35-47(44-30-33-67-61(39-44)55-24-12-15-27-65(55)70(67)49-17-5-3-6-18-49)37-48(36-46)45-31-34-68-62(40-45)56-25-13-16-28-66(56)71(68)50-19-7-4-8-20-50/h3-42H,1-2H3. The molecule has 0 radical (unpaired) electrons. The van der Waals surface area contributed by atoms with Crippen LogP contribution in [0.5, 0.6) is 0 Å². The molecule has 0 saturated heterocycles. The zero-order valence-electron chi connectivity index (χ0n) is 39.5. The fourth-order valence-corrected chi connectivity index (χ4v) is 12.5. The minimum absolute atomic E-state index is 0.0895. The Morgan fingerprint density at radius 2 is 0.634 bits per heavy atom. The molecule has 15 rings (SSSR count). The maximum absolute atomic E-state index is 2.51. The van der Waals surface area contributed by atoms with Crippen molar-refractivity contribution in [1.29, 1.82) is 0 Å². The molecule has 1 aliphatic rings. The van der Waals surface area contributed by atoms with Crippen LogP contribution in [0.1, 0.15) is 25.0 Å². The predicted octanol–water partition coefficient (Wildman–Crippen LogP) is 18.6. The summed E-state index contributed by atoms with van der Waals surface area (Å²) in [5.74, 6) is 0. The van der Waals surface area contributed by atoms with Crippen LogP contribution < -0.4 is 0 Å². The van der Waals surface area contributed by atoms with Gasteiger partial charge in [0.15, 0.2) is 0 Å². The lowest BCUT2D eigenvalue weighted by molar-refractivity contribution is 0.661. The van der Waals surface area contributed by atoms with Crippen molar-refractivity contribution in [2.24, 2.45) is 0 Å². The summed E-state index contributed by atoms with van der Waals surface area (Å²) in [6, 6.07) is 90.6. The van der Waals surface area contributed by atoms with E-state index in [1.165, 1.54) is 132 Å². The molecule has 332 valence electrons. The van der Waals surface area contributed by atoms with Gasteiger partial charge < -0.3 is 9.13 Å². The number of nitrogens with zero attached hydrogens (tertiary/aromatic N) is 2. The normalized spacial score (nSPS) is 13.0. The minimum Gasteiger partial charge on any atom is -0.309 e. The molecule has 2 heteroatoms. The van der Waals surface area contributed by atoms with E-state index in [1.807, 2.05) is 0 Å². The number of benzene rings is 12. The van der Waals surface area contributed by atoms with Crippen molar-refractivity contribution in [2.75, 3.05) is 0 Å². The van der Waals surface area contributed by atoms with Crippen molar-refractivity contribution >= 4 is 75.9 Å². The van der Waals surface area contributed by atoms with Gasteiger partial charge in [-0.25, -0.2) is 0 Å². The predicted molar refractivity (Wildman–Crippen MR) is 302 cm³/mol. The van der Waals surface area contributed by atoms with Gasteiger partial charge in [-0.1, -0.05) is 159 Å². The Morgan fingerprint density at radius 1 is 0.239 bits per heavy atom. The van der Waals surface area contributed by atoms with Gasteiger partial charge in [-0.15, -0.1) is 0 Å². The molecule has 2 heterocycles. The Hall–Kier alpha value is -8.98. The number of hydrogen-bond donors (Lipinski definition) is 0. The number of hydrogen-bond acceptors (Lipinski definition) is 0. The molecule has 0 saturated carbocycles. The molecule has 0 bridgehead atoms. The van der Waals surface area contributed by atoms with Crippen molar-refractivity contribution in [2.45, 2.75) is 19.3 Å². The SMILES string of the molecule is CC1(C)c2ccccc2-c2cc3c4ccccc4c4cc(-c5cc(-c6ccc7c(c6)c6ccccc6n7-c6ccccc6)cc(-c6ccc7c(c6)c6ccccc6n7-c6ccccc6)c5)ccc4c3cc21. The summed E-state index contributed by atoms with van der Waals surface area (Å²) in [6.07, 6.45) is 0. The largest absolute Gasteiger partial charge is 0.309 e. The molecule has 0 spiro atoms. The van der Waals surface area contributed by atoms with E-state index in [-0.39, 0.29) is 5.41 Å². The van der Waals surface area contributed by atoms with E-state index < -0.39 is 0 Å². The highest BCUT2D eigenvalue weighted by Crippen LogP contribution is 2.52. The van der Waals surface area contributed by atoms with Gasteiger partial charge in [0.25, 0.3) is 0 Å². The van der Waals surface area contributed by atoms with E-state index in [1.54, 1.807) is 0 Å². The Balaban J connectivity index is 0.962. The molecule has 2 nitrogen and oxygen atoms in total. The molecular weight excluding hydrogens is 857 g/mol. The van der Waals surface area contributed by atoms with Crippen LogP contribution in [0.3, 0.4) is 0 Å². The lowest BCUT2D eigenvalue weighted by Gasteiger charge is -2.22. The van der Waals surface area contributed by atoms with Crippen LogP contribution in [-0.2, 0) is 5.41 Å². The highest BCUT2D eigenvalue weighted by molar-refractivity contribution is 6.27. The molecular formula is C69H46N2. The first kappa shape index (κ1) is 40.0. The van der Waals surface area contributed by atoms with E-state index >= 15 is 0 Å². The first-order valence-corrected chi connectivity index (χ1v) is 24.8. The summed E-state index contributed by atoms with van der Waals surface area (Å²) in [7, 11) is 0. The van der Waals surface area contributed by atoms with Crippen LogP contribution in [0.15, 0.2) is 243 Å². The van der Waals surface area contributed by atoms with Gasteiger partial charge >= 0.3 is 0 Å². The zero-order valence-corrected chi connectivity index (χ0v) is 39.5. The van der Waals surface area contributed by atoms with Crippen molar-refractivity contribution in [3.05, 3.63) is 254 Å². The molecule has 0 unspecified atom stereocenters. The van der Waals surface area contributed by atoms with E-state index in [0.717, 1.165) is 11.4 Å². The second-order valence-electron chi connectivity index (χ2n) is 20.1. The second-order valence-corrected chi connectivity index (χ2v) is 20.1. The van der Waals surface area contributed by atoms with Crippen molar-refractivity contribution < 1.29 is 0 Å². The van der Waals surface area contributed by atoms with Gasteiger partial charge in [-0.05, 0) is 185 Å². The van der Waals surface area contributed by atoms with Crippen molar-refractivity contribution in [3.8, 4) is 55.9 Å². The molecule has 0 N–H and O–H groups in total. The number of fused-ring (bicyclic) bond motifs is 15. The Bertz CT molecular complexity index is 4350. The van der Waals surface area contributed by atoms with E-state index in [9.17, 15) is 0 Å². The average Bonchev–Trinajstić information content (AvgIpc) is 4.03. The Morgan fingerprint density at radius 3 is 1.18 bits per heavy atom. The molecule has 0 amide bonds. The second kappa shape index (κ2) is 15.0. The summed E-state index contributed by atoms with van der Waals surface area (Å²) in [4.78, 5) is 0. The third kappa shape index (κ3) is 5.89. The highest BCUT2D eigenvalue weighted by atomic mass is 15.0. The van der Waals surface area contributed by atoms with Gasteiger partial charge in [-0.3, -0.25) is 0 Å². The molecule has 1 aliphatic carbocycles. The fourth-order valence-electron chi connectivity index (χ4n) is 12.5. The molecule has 71 heavy (non-hydrogen) atoms. The molecule has 0 fully saturated rings. The summed E-state index contributed by atoms with van der Waals surface area (Å²) in [5, 5.41) is 12.7. The maximum Gasteiger partial charge on any atom is 0.0541 e. The number of aromatic nitrogens is 2. The van der Waals surface area contributed by atoms with Crippen LogP contribution in [0.4, 0.5) is 0 Å². The summed E-state index contributed by atoms with van der Waals surface area (Å²) < 4.78 is 4.79. The van der Waals surface area contributed by atoms with Crippen LogP contribution in [0.25, 0.3) is 132 Å². The van der Waals surface area contributed by atoms with Crippen LogP contribution in [-0.4, -0.2) is 9.13 Å². The third-order valence-corrected chi connectivity index (χ3v) is 15.8. The van der Waals surface area contributed by atoms with Crippen molar-refractivity contribution in [3.63, 3.8) is 0 Å². The first-order valence-electron chi connectivity index (χ1n) is 24.8. The smallest absolute Gasteiger partial charge is 0.0541 e. The molecule has 2 aromatic heterocycles. The topological polar surface area (TPSA) is 9.86 Å². The first-order chi connectivity index (χ1) is 35.0. The number of para-hydroxylation sites is 4. The maximum atomic E-state index is 2.51. The molecule has 0 atom stereocenters. The van der Waals surface area contributed by atoms with Crippen LogP contribution in [0, 0.1) is 0 Å². The third-order valence-electron chi connectivity index (χ3n) is 15.8. The van der Waals surface area contributed by atoms with E-state index in [0.29, 0.717) is 0 Å². The summed E-state index contributed by atoms with van der Waals surface area (Å²) in [5.41, 5.74) is 19.7. The highest BCUT2D eigenvalue weighted by Gasteiger charge is 2.35. The summed E-state index contributed by atoms with van der Waals surface area (Å²) in [6.45, 7) is 4.76. The van der Waals surface area contributed by atoms with Gasteiger partial charge in [0.1, 0.15) is 0 Å². The van der Waals surface area contributed by atoms with Gasteiger partial charge in [0.2, 0.25) is 0 Å². The zero-order chi connectivity index (χ0) is 47.0. The van der Waals surface area contributed by atoms with Crippen LogP contribution in [0.2, 0.25) is 0 Å². The lowest BCUT2D eigenvalue weighted by Crippen LogP contribution is -2.14. The lowest BCUT2D eigenvalue weighted by atomic mass is 9.81. The minimum atomic E-state index is -0.0895. The molecule has 14 aromatic rings. The summed E-state index contributed by atoms with van der Waals surface area (Å²) >= 11 is 0. The monoisotopic (exact) mass is 902 g/mol. The Kier molecular flexibility index (Phi) is 8.45. The molecule has 12 aromatic carbocycles. The van der Waals surface area contributed by atoms with Crippen LogP contribution >= 0.6 is 0 Å². The van der Waals surface area contributed by atoms with Gasteiger partial charge in [0, 0.05) is 38.3 Å². The quantitative estimate of drug-likeness (QED) is 0.152.